The van der Waals surface area contributed by atoms with Crippen LogP contribution in [-0.4, -0.2) is 38.1 Å². The summed E-state index contributed by atoms with van der Waals surface area (Å²) in [5, 5.41) is 11.4. The number of hydrogen-bond acceptors (Lipinski definition) is 6. The Morgan fingerprint density at radius 2 is 1.56 bits per heavy atom. The largest absolute Gasteiger partial charge is 0.507 e. The highest BCUT2D eigenvalue weighted by atomic mass is 16.5. The van der Waals surface area contributed by atoms with Gasteiger partial charge in [0, 0.05) is 11.8 Å². The Hall–Kier alpha value is -4.26. The minimum absolute atomic E-state index is 0.0371. The minimum atomic E-state index is -0.858. The van der Waals surface area contributed by atoms with Gasteiger partial charge in [0.1, 0.15) is 23.0 Å². The van der Waals surface area contributed by atoms with Crippen molar-refractivity contribution in [1.82, 2.24) is 0 Å². The van der Waals surface area contributed by atoms with E-state index >= 15 is 0 Å². The lowest BCUT2D eigenvalue weighted by molar-refractivity contribution is -0.132. The van der Waals surface area contributed by atoms with Crippen molar-refractivity contribution in [2.75, 3.05) is 26.2 Å². The average molecular weight is 459 g/mol. The number of methoxy groups -OCH3 is 3. The second-order valence-corrected chi connectivity index (χ2v) is 7.85. The van der Waals surface area contributed by atoms with E-state index in [9.17, 15) is 14.7 Å². The van der Waals surface area contributed by atoms with Crippen molar-refractivity contribution in [2.24, 2.45) is 0 Å². The van der Waals surface area contributed by atoms with Gasteiger partial charge in [-0.2, -0.15) is 0 Å². The molecule has 1 N–H and O–H groups in total. The molecule has 0 aliphatic carbocycles. The van der Waals surface area contributed by atoms with Gasteiger partial charge < -0.3 is 19.3 Å². The highest BCUT2D eigenvalue weighted by Gasteiger charge is 2.47. The highest BCUT2D eigenvalue weighted by Crippen LogP contribution is 2.44. The Morgan fingerprint density at radius 1 is 0.853 bits per heavy atom. The number of aryl methyl sites for hydroxylation is 1. The number of carbonyl (C=O) groups is 2. The molecule has 0 radical (unpaired) electrons. The summed E-state index contributed by atoms with van der Waals surface area (Å²) >= 11 is 0. The van der Waals surface area contributed by atoms with Gasteiger partial charge >= 0.3 is 0 Å². The molecular weight excluding hydrogens is 434 g/mol. The van der Waals surface area contributed by atoms with Crippen molar-refractivity contribution in [3.05, 3.63) is 89.0 Å². The Kier molecular flexibility index (Phi) is 6.27. The number of rotatable bonds is 6. The summed E-state index contributed by atoms with van der Waals surface area (Å²) in [5.74, 6) is -0.534. The maximum absolute atomic E-state index is 13.4. The van der Waals surface area contributed by atoms with Crippen LogP contribution in [0.2, 0.25) is 0 Å². The van der Waals surface area contributed by atoms with Gasteiger partial charge in [-0.15, -0.1) is 0 Å². The lowest BCUT2D eigenvalue weighted by Gasteiger charge is -2.26. The van der Waals surface area contributed by atoms with E-state index in [1.807, 2.05) is 31.2 Å². The third-order valence-electron chi connectivity index (χ3n) is 5.80. The zero-order chi connectivity index (χ0) is 24.4. The van der Waals surface area contributed by atoms with Gasteiger partial charge in [-0.1, -0.05) is 35.9 Å². The molecule has 3 aromatic carbocycles. The lowest BCUT2D eigenvalue weighted by atomic mass is 9.94. The number of carbonyl (C=O) groups excluding carboxylic acids is 2. The van der Waals surface area contributed by atoms with Crippen LogP contribution >= 0.6 is 0 Å². The molecule has 0 saturated carbocycles. The molecule has 1 fully saturated rings. The molecule has 4 rings (SSSR count). The normalized spacial score (nSPS) is 17.1. The van der Waals surface area contributed by atoms with Crippen LogP contribution in [0.4, 0.5) is 5.69 Å². The zero-order valence-electron chi connectivity index (χ0n) is 19.4. The van der Waals surface area contributed by atoms with E-state index in [4.69, 9.17) is 14.2 Å². The summed E-state index contributed by atoms with van der Waals surface area (Å²) in [7, 11) is 4.49. The van der Waals surface area contributed by atoms with Crippen molar-refractivity contribution in [1.29, 1.82) is 0 Å². The van der Waals surface area contributed by atoms with Crippen LogP contribution in [0.25, 0.3) is 5.76 Å². The number of aliphatic hydroxyl groups is 1. The smallest absolute Gasteiger partial charge is 0.300 e. The first-order chi connectivity index (χ1) is 16.4. The molecule has 1 unspecified atom stereocenters. The van der Waals surface area contributed by atoms with Gasteiger partial charge in [0.05, 0.1) is 38.5 Å². The third-order valence-corrected chi connectivity index (χ3v) is 5.80. The van der Waals surface area contributed by atoms with E-state index in [1.54, 1.807) is 42.5 Å². The Morgan fingerprint density at radius 3 is 2.24 bits per heavy atom. The number of hydrogen-bond donors (Lipinski definition) is 1. The van der Waals surface area contributed by atoms with Gasteiger partial charge in [0.15, 0.2) is 0 Å². The Labute approximate surface area is 197 Å². The second kappa shape index (κ2) is 9.31. The molecule has 1 aliphatic heterocycles. The number of Topliss-reactive ketones (excluding diaryl/α,β-unsaturated/α-hetero) is 1. The summed E-state index contributed by atoms with van der Waals surface area (Å²) in [5.41, 5.74) is 2.33. The number of anilines is 1. The molecule has 7 nitrogen and oxygen atoms in total. The van der Waals surface area contributed by atoms with Gasteiger partial charge in [0.2, 0.25) is 0 Å². The fraction of sp³-hybridized carbons (Fsp3) is 0.185. The quantitative estimate of drug-likeness (QED) is 0.328. The number of nitrogens with zero attached hydrogens (tertiary/aromatic N) is 1. The molecule has 0 bridgehead atoms. The van der Waals surface area contributed by atoms with Crippen molar-refractivity contribution >= 4 is 23.1 Å². The molecule has 0 spiro atoms. The van der Waals surface area contributed by atoms with E-state index in [0.717, 1.165) is 5.56 Å². The van der Waals surface area contributed by atoms with E-state index in [-0.39, 0.29) is 16.9 Å². The van der Waals surface area contributed by atoms with Gasteiger partial charge in [-0.25, -0.2) is 0 Å². The fourth-order valence-electron chi connectivity index (χ4n) is 4.16. The molecule has 1 amide bonds. The topological polar surface area (TPSA) is 85.3 Å². The number of benzene rings is 3. The molecule has 0 aromatic heterocycles. The van der Waals surface area contributed by atoms with Gasteiger partial charge in [0.25, 0.3) is 11.7 Å². The van der Waals surface area contributed by atoms with E-state index < -0.39 is 17.7 Å². The maximum Gasteiger partial charge on any atom is 0.300 e. The average Bonchev–Trinajstić information content (AvgIpc) is 3.13. The molecular formula is C27H25NO6. The van der Waals surface area contributed by atoms with E-state index in [1.165, 1.54) is 26.2 Å². The summed E-state index contributed by atoms with van der Waals surface area (Å²) in [6, 6.07) is 18.4. The molecule has 1 atom stereocenters. The fourth-order valence-corrected chi connectivity index (χ4v) is 4.16. The van der Waals surface area contributed by atoms with Crippen molar-refractivity contribution < 1.29 is 28.9 Å². The second-order valence-electron chi connectivity index (χ2n) is 7.85. The van der Waals surface area contributed by atoms with Crippen LogP contribution < -0.4 is 19.1 Å². The van der Waals surface area contributed by atoms with Crippen molar-refractivity contribution in [2.45, 2.75) is 13.0 Å². The van der Waals surface area contributed by atoms with Crippen LogP contribution in [0.15, 0.2) is 72.3 Å². The Balaban J connectivity index is 1.99. The lowest BCUT2D eigenvalue weighted by Crippen LogP contribution is -2.29. The zero-order valence-corrected chi connectivity index (χ0v) is 19.4. The summed E-state index contributed by atoms with van der Waals surface area (Å²) in [6.07, 6.45) is 0. The van der Waals surface area contributed by atoms with Crippen LogP contribution in [0.3, 0.4) is 0 Å². The van der Waals surface area contributed by atoms with Crippen LogP contribution in [0.5, 0.6) is 17.2 Å². The van der Waals surface area contributed by atoms with Crippen molar-refractivity contribution in [3.8, 4) is 17.2 Å². The molecule has 1 heterocycles. The third kappa shape index (κ3) is 3.96. The first kappa shape index (κ1) is 22.9. The SMILES string of the molecule is COc1cccc(N2C(=O)C(=O)/C(=C(/O)c3cc(OC)ccc3OC)C2c2cccc(C)c2)c1. The predicted molar refractivity (Wildman–Crippen MR) is 129 cm³/mol. The minimum Gasteiger partial charge on any atom is -0.507 e. The molecule has 1 aliphatic rings. The molecule has 174 valence electrons. The first-order valence-electron chi connectivity index (χ1n) is 10.6. The summed E-state index contributed by atoms with van der Waals surface area (Å²) < 4.78 is 16.0. The van der Waals surface area contributed by atoms with Crippen LogP contribution in [-0.2, 0) is 9.59 Å². The maximum atomic E-state index is 13.4. The molecule has 7 heteroatoms. The monoisotopic (exact) mass is 459 g/mol. The standard InChI is InChI=1S/C27H25NO6/c1-16-7-5-8-17(13-16)24-23(25(29)21-15-20(33-3)11-12-22(21)34-4)26(30)27(31)28(24)18-9-6-10-19(14-18)32-2/h5-15,24,29H,1-4H3/b25-23+. The van der Waals surface area contributed by atoms with Crippen molar-refractivity contribution in [3.63, 3.8) is 0 Å². The van der Waals surface area contributed by atoms with Crippen LogP contribution in [0, 0.1) is 6.92 Å². The molecule has 1 saturated heterocycles. The van der Waals surface area contributed by atoms with E-state index in [0.29, 0.717) is 28.5 Å². The van der Waals surface area contributed by atoms with Crippen LogP contribution in [0.1, 0.15) is 22.7 Å². The number of ketones is 1. The van der Waals surface area contributed by atoms with Gasteiger partial charge in [-0.05, 0) is 42.8 Å². The van der Waals surface area contributed by atoms with E-state index in [2.05, 4.69) is 0 Å². The highest BCUT2D eigenvalue weighted by molar-refractivity contribution is 6.51. The number of aliphatic hydroxyl groups excluding tert-OH is 1. The number of ether oxygens (including phenoxy) is 3. The predicted octanol–water partition coefficient (Wildman–Crippen LogP) is 4.65. The summed E-state index contributed by atoms with van der Waals surface area (Å²) in [4.78, 5) is 28.1. The molecule has 3 aromatic rings. The first-order valence-corrected chi connectivity index (χ1v) is 10.6. The summed E-state index contributed by atoms with van der Waals surface area (Å²) in [6.45, 7) is 1.92. The Bertz CT molecular complexity index is 1300. The number of amides is 1. The molecule has 34 heavy (non-hydrogen) atoms. The van der Waals surface area contributed by atoms with Gasteiger partial charge in [-0.3, -0.25) is 14.5 Å².